The molecule has 1 N–H and O–H groups in total. The Morgan fingerprint density at radius 3 is 2.38 bits per heavy atom. The quantitative estimate of drug-likeness (QED) is 0.288. The van der Waals surface area contributed by atoms with Crippen LogP contribution in [0.1, 0.15) is 5.56 Å². The van der Waals surface area contributed by atoms with E-state index in [1.807, 2.05) is 9.80 Å². The van der Waals surface area contributed by atoms with E-state index in [1.54, 1.807) is 54.7 Å². The summed E-state index contributed by atoms with van der Waals surface area (Å²) in [6.07, 6.45) is 3.10. The molecule has 214 valence electrons. The van der Waals surface area contributed by atoms with Gasteiger partial charge in [-0.1, -0.05) is 36.4 Å². The van der Waals surface area contributed by atoms with Gasteiger partial charge in [0.1, 0.15) is 22.3 Å². The maximum Gasteiger partial charge on any atom is 0.339 e. The SMILES string of the molecule is O=c1cc(N2CCN(c3ccccc3F)CC2)n(Cc2ccc(OS(=O)(=O)c3cccc4cnccc34)cc2)c(=O)[nH]1. The van der Waals surface area contributed by atoms with Gasteiger partial charge in [-0.2, -0.15) is 8.42 Å². The molecular formula is C30H26FN5O5S. The first-order valence-corrected chi connectivity index (χ1v) is 14.6. The Labute approximate surface area is 240 Å². The average molecular weight is 588 g/mol. The highest BCUT2D eigenvalue weighted by atomic mass is 32.2. The van der Waals surface area contributed by atoms with Gasteiger partial charge in [-0.05, 0) is 42.0 Å². The number of para-hydroxylation sites is 1. The number of nitrogens with one attached hydrogen (secondary N) is 1. The summed E-state index contributed by atoms with van der Waals surface area (Å²) in [5.41, 5.74) is 0.127. The minimum absolute atomic E-state index is 0.0333. The second kappa shape index (κ2) is 11.1. The molecule has 0 atom stereocenters. The molecule has 0 bridgehead atoms. The lowest BCUT2D eigenvalue weighted by Gasteiger charge is -2.38. The van der Waals surface area contributed by atoms with Gasteiger partial charge in [0.2, 0.25) is 0 Å². The number of hydrogen-bond acceptors (Lipinski definition) is 8. The Kier molecular flexibility index (Phi) is 7.21. The largest absolute Gasteiger partial charge is 0.379 e. The first-order chi connectivity index (χ1) is 20.3. The predicted molar refractivity (Wildman–Crippen MR) is 157 cm³/mol. The number of fused-ring (bicyclic) bond motifs is 1. The predicted octanol–water partition coefficient (Wildman–Crippen LogP) is 3.37. The average Bonchev–Trinajstić information content (AvgIpc) is 2.99. The van der Waals surface area contributed by atoms with Crippen LogP contribution in [0.25, 0.3) is 10.8 Å². The molecule has 12 heteroatoms. The third-order valence-electron chi connectivity index (χ3n) is 7.19. The van der Waals surface area contributed by atoms with Gasteiger partial charge in [-0.3, -0.25) is 19.3 Å². The van der Waals surface area contributed by atoms with Gasteiger partial charge in [0.15, 0.2) is 0 Å². The molecule has 0 saturated carbocycles. The molecule has 3 heterocycles. The van der Waals surface area contributed by atoms with Crippen molar-refractivity contribution in [3.05, 3.63) is 123 Å². The highest BCUT2D eigenvalue weighted by molar-refractivity contribution is 7.87. The summed E-state index contributed by atoms with van der Waals surface area (Å²) in [5.74, 6) is 0.266. The molecule has 0 radical (unpaired) electrons. The molecule has 10 nitrogen and oxygen atoms in total. The zero-order chi connectivity index (χ0) is 29.3. The normalized spacial score (nSPS) is 13.8. The Hall–Kier alpha value is -4.97. The molecule has 2 aromatic heterocycles. The van der Waals surface area contributed by atoms with E-state index in [-0.39, 0.29) is 23.0 Å². The van der Waals surface area contributed by atoms with Crippen molar-refractivity contribution < 1.29 is 17.0 Å². The lowest BCUT2D eigenvalue weighted by atomic mass is 10.2. The molecular weight excluding hydrogens is 561 g/mol. The number of piperazine rings is 1. The summed E-state index contributed by atoms with van der Waals surface area (Å²) in [4.78, 5) is 35.3. The number of pyridine rings is 1. The van der Waals surface area contributed by atoms with E-state index < -0.39 is 21.4 Å². The molecule has 0 unspecified atom stereocenters. The van der Waals surface area contributed by atoms with Crippen LogP contribution in [0, 0.1) is 5.82 Å². The van der Waals surface area contributed by atoms with Gasteiger partial charge in [-0.15, -0.1) is 0 Å². The molecule has 1 aliphatic heterocycles. The number of rotatable bonds is 7. The van der Waals surface area contributed by atoms with E-state index in [2.05, 4.69) is 9.97 Å². The number of aromatic amines is 1. The lowest BCUT2D eigenvalue weighted by molar-refractivity contribution is 0.487. The third-order valence-corrected chi connectivity index (χ3v) is 8.50. The summed E-state index contributed by atoms with van der Waals surface area (Å²) < 4.78 is 47.3. The highest BCUT2D eigenvalue weighted by Gasteiger charge is 2.23. The number of benzene rings is 3. The molecule has 1 saturated heterocycles. The van der Waals surface area contributed by atoms with Gasteiger partial charge in [0, 0.05) is 55.4 Å². The van der Waals surface area contributed by atoms with Gasteiger partial charge >= 0.3 is 15.8 Å². The summed E-state index contributed by atoms with van der Waals surface area (Å²) in [7, 11) is -4.13. The lowest BCUT2D eigenvalue weighted by Crippen LogP contribution is -2.49. The van der Waals surface area contributed by atoms with Gasteiger partial charge in [0.25, 0.3) is 5.56 Å². The summed E-state index contributed by atoms with van der Waals surface area (Å²) in [6.45, 7) is 2.10. The molecule has 0 spiro atoms. The van der Waals surface area contributed by atoms with Crippen molar-refractivity contribution in [1.82, 2.24) is 14.5 Å². The maximum atomic E-state index is 14.3. The fraction of sp³-hybridized carbons (Fsp3) is 0.167. The molecule has 3 aromatic carbocycles. The van der Waals surface area contributed by atoms with Crippen LogP contribution in [0.5, 0.6) is 5.75 Å². The van der Waals surface area contributed by atoms with Crippen molar-refractivity contribution in [3.63, 3.8) is 0 Å². The van der Waals surface area contributed by atoms with Crippen molar-refractivity contribution in [3.8, 4) is 5.75 Å². The Morgan fingerprint density at radius 1 is 0.881 bits per heavy atom. The van der Waals surface area contributed by atoms with Crippen LogP contribution in [-0.4, -0.2) is 49.1 Å². The van der Waals surface area contributed by atoms with Crippen molar-refractivity contribution in [2.24, 2.45) is 0 Å². The van der Waals surface area contributed by atoms with Crippen LogP contribution < -0.4 is 25.2 Å². The Balaban J connectivity index is 1.20. The number of H-pyrrole nitrogens is 1. The molecule has 1 aliphatic rings. The van der Waals surface area contributed by atoms with E-state index in [1.165, 1.54) is 41.1 Å². The van der Waals surface area contributed by atoms with Crippen LogP contribution in [0.3, 0.4) is 0 Å². The van der Waals surface area contributed by atoms with Gasteiger partial charge < -0.3 is 14.0 Å². The number of hydrogen-bond donors (Lipinski definition) is 1. The number of halogens is 1. The minimum atomic E-state index is -4.13. The Bertz CT molecular complexity index is 1980. The van der Waals surface area contributed by atoms with E-state index in [9.17, 15) is 22.4 Å². The van der Waals surface area contributed by atoms with Crippen LogP contribution in [-0.2, 0) is 16.7 Å². The zero-order valence-electron chi connectivity index (χ0n) is 22.3. The topological polar surface area (TPSA) is 118 Å². The molecule has 0 aliphatic carbocycles. The van der Waals surface area contributed by atoms with Crippen molar-refractivity contribution >= 4 is 32.4 Å². The highest BCUT2D eigenvalue weighted by Crippen LogP contribution is 2.26. The summed E-state index contributed by atoms with van der Waals surface area (Å²) in [5, 5.41) is 1.18. The van der Waals surface area contributed by atoms with E-state index in [0.717, 1.165) is 0 Å². The van der Waals surface area contributed by atoms with Crippen molar-refractivity contribution in [2.45, 2.75) is 11.4 Å². The molecule has 1 fully saturated rings. The molecule has 6 rings (SSSR count). The second-order valence-corrected chi connectivity index (χ2v) is 11.4. The standard InChI is InChI=1S/C30H26FN5O5S/c31-25-5-1-2-6-26(25)34-14-16-35(17-15-34)29-18-28(37)33-30(38)36(29)20-21-8-10-23(11-9-21)41-42(39,40)27-7-3-4-22-19-32-13-12-24(22)27/h1-13,18-19H,14-17,20H2,(H,33,37,38). The maximum absolute atomic E-state index is 14.3. The van der Waals surface area contributed by atoms with Crippen LogP contribution in [0.4, 0.5) is 15.9 Å². The molecule has 0 amide bonds. The first-order valence-electron chi connectivity index (χ1n) is 13.2. The monoisotopic (exact) mass is 587 g/mol. The fourth-order valence-corrected chi connectivity index (χ4v) is 6.28. The van der Waals surface area contributed by atoms with Crippen LogP contribution in [0.2, 0.25) is 0 Å². The number of aromatic nitrogens is 3. The van der Waals surface area contributed by atoms with Crippen molar-refractivity contribution in [1.29, 1.82) is 0 Å². The number of nitrogens with zero attached hydrogens (tertiary/aromatic N) is 4. The first kappa shape index (κ1) is 27.2. The van der Waals surface area contributed by atoms with E-state index >= 15 is 0 Å². The van der Waals surface area contributed by atoms with E-state index in [0.29, 0.717) is 54.0 Å². The smallest absolute Gasteiger partial charge is 0.339 e. The zero-order valence-corrected chi connectivity index (χ0v) is 23.1. The van der Waals surface area contributed by atoms with Gasteiger partial charge in [-0.25, -0.2) is 9.18 Å². The number of anilines is 2. The van der Waals surface area contributed by atoms with Crippen LogP contribution in [0.15, 0.2) is 106 Å². The Morgan fingerprint density at radius 2 is 1.62 bits per heavy atom. The van der Waals surface area contributed by atoms with Gasteiger partial charge in [0.05, 0.1) is 12.2 Å². The van der Waals surface area contributed by atoms with Crippen LogP contribution >= 0.6 is 0 Å². The second-order valence-electron chi connectivity index (χ2n) is 9.84. The summed E-state index contributed by atoms with van der Waals surface area (Å²) in [6, 6.07) is 20.8. The van der Waals surface area contributed by atoms with E-state index in [4.69, 9.17) is 4.18 Å². The molecule has 42 heavy (non-hydrogen) atoms. The minimum Gasteiger partial charge on any atom is -0.379 e. The van der Waals surface area contributed by atoms with Crippen molar-refractivity contribution in [2.75, 3.05) is 36.0 Å². The fourth-order valence-electron chi connectivity index (χ4n) is 5.12. The summed E-state index contributed by atoms with van der Waals surface area (Å²) >= 11 is 0. The molecule has 5 aromatic rings. The third kappa shape index (κ3) is 5.48.